The highest BCUT2D eigenvalue weighted by Crippen LogP contribution is 2.57. The molecule has 2 N–H and O–H groups in total. The Kier molecular flexibility index (Phi) is 6.34. The molecule has 0 saturated carbocycles. The van der Waals surface area contributed by atoms with E-state index in [9.17, 15) is 15.8 Å². The minimum absolute atomic E-state index is 0.0358. The molecule has 30 heavy (non-hydrogen) atoms. The number of benzene rings is 1. The van der Waals surface area contributed by atoms with Crippen LogP contribution in [0.15, 0.2) is 41.1 Å². The van der Waals surface area contributed by atoms with E-state index in [1.807, 2.05) is 32.0 Å². The van der Waals surface area contributed by atoms with Gasteiger partial charge in [-0.25, -0.2) is 0 Å². The van der Waals surface area contributed by atoms with E-state index < -0.39 is 11.3 Å². The summed E-state index contributed by atoms with van der Waals surface area (Å²) in [6.07, 6.45) is 5.61. The average molecular weight is 402 g/mol. The summed E-state index contributed by atoms with van der Waals surface area (Å²) in [5, 5.41) is 30.3. The van der Waals surface area contributed by atoms with E-state index in [0.29, 0.717) is 24.7 Å². The highest BCUT2D eigenvalue weighted by atomic mass is 16.5. The first kappa shape index (κ1) is 21.3. The zero-order valence-electron chi connectivity index (χ0n) is 17.4. The lowest BCUT2D eigenvalue weighted by molar-refractivity contribution is 0.293. The topological polar surface area (TPSA) is 116 Å². The lowest BCUT2D eigenvalue weighted by Gasteiger charge is -2.42. The summed E-state index contributed by atoms with van der Waals surface area (Å²) in [7, 11) is 0. The molecule has 0 fully saturated rings. The normalized spacial score (nSPS) is 22.4. The van der Waals surface area contributed by atoms with E-state index in [1.54, 1.807) is 0 Å². The van der Waals surface area contributed by atoms with E-state index >= 15 is 0 Å². The first-order valence-corrected chi connectivity index (χ1v) is 10.4. The van der Waals surface area contributed by atoms with E-state index in [1.165, 1.54) is 0 Å². The molecule has 1 aromatic carbocycles. The zero-order chi connectivity index (χ0) is 21.7. The van der Waals surface area contributed by atoms with Gasteiger partial charge >= 0.3 is 0 Å². The predicted molar refractivity (Wildman–Crippen MR) is 112 cm³/mol. The van der Waals surface area contributed by atoms with Gasteiger partial charge in [-0.15, -0.1) is 0 Å². The third-order valence-corrected chi connectivity index (χ3v) is 5.98. The second kappa shape index (κ2) is 8.93. The van der Waals surface area contributed by atoms with Crippen molar-refractivity contribution in [2.24, 2.45) is 17.1 Å². The number of allylic oxidation sites excluding steroid dienone is 4. The smallest absolute Gasteiger partial charge is 0.191 e. The molecule has 0 bridgehead atoms. The molecule has 0 unspecified atom stereocenters. The second-order valence-corrected chi connectivity index (χ2v) is 7.53. The minimum atomic E-state index is -1.66. The third kappa shape index (κ3) is 3.38. The molecule has 2 atom stereocenters. The largest absolute Gasteiger partial charge is 0.494 e. The third-order valence-electron chi connectivity index (χ3n) is 5.98. The summed E-state index contributed by atoms with van der Waals surface area (Å²) in [5.41, 5.74) is 6.63. The van der Waals surface area contributed by atoms with Crippen LogP contribution in [0.4, 0.5) is 0 Å². The van der Waals surface area contributed by atoms with Crippen LogP contribution in [-0.4, -0.2) is 13.2 Å². The lowest BCUT2D eigenvalue weighted by Crippen LogP contribution is -2.42. The number of nitrogens with zero attached hydrogens (tertiary/aromatic N) is 3. The maximum atomic E-state index is 10.2. The van der Waals surface area contributed by atoms with Crippen molar-refractivity contribution in [3.63, 3.8) is 0 Å². The molecule has 0 aliphatic heterocycles. The highest BCUT2D eigenvalue weighted by molar-refractivity contribution is 5.60. The highest BCUT2D eigenvalue weighted by Gasteiger charge is 2.54. The van der Waals surface area contributed by atoms with Crippen LogP contribution in [0, 0.1) is 45.3 Å². The summed E-state index contributed by atoms with van der Waals surface area (Å²) >= 11 is 0. The van der Waals surface area contributed by atoms with Gasteiger partial charge in [-0.05, 0) is 62.8 Å². The maximum absolute atomic E-state index is 10.2. The molecule has 3 rings (SSSR count). The summed E-state index contributed by atoms with van der Waals surface area (Å²) in [6, 6.07) is 12.1. The van der Waals surface area contributed by atoms with E-state index in [0.717, 1.165) is 36.8 Å². The number of nitriles is 3. The van der Waals surface area contributed by atoms with Crippen molar-refractivity contribution < 1.29 is 9.47 Å². The van der Waals surface area contributed by atoms with Gasteiger partial charge in [-0.3, -0.25) is 0 Å². The summed E-state index contributed by atoms with van der Waals surface area (Å²) in [4.78, 5) is 0. The van der Waals surface area contributed by atoms with Gasteiger partial charge in [0.1, 0.15) is 17.6 Å². The Balaban J connectivity index is 2.35. The monoisotopic (exact) mass is 402 g/mol. The van der Waals surface area contributed by atoms with Gasteiger partial charge in [0.25, 0.3) is 0 Å². The van der Waals surface area contributed by atoms with Crippen molar-refractivity contribution in [2.75, 3.05) is 13.2 Å². The van der Waals surface area contributed by atoms with Crippen LogP contribution >= 0.6 is 0 Å². The fourth-order valence-electron chi connectivity index (χ4n) is 4.70. The van der Waals surface area contributed by atoms with Gasteiger partial charge in [0.2, 0.25) is 0 Å². The number of rotatable bonds is 5. The summed E-state index contributed by atoms with van der Waals surface area (Å²) in [6.45, 7) is 4.73. The molecule has 0 saturated heterocycles. The number of hydrogen-bond acceptors (Lipinski definition) is 6. The van der Waals surface area contributed by atoms with Crippen LogP contribution in [0.2, 0.25) is 0 Å². The Labute approximate surface area is 177 Å². The molecule has 0 aromatic heterocycles. The van der Waals surface area contributed by atoms with Gasteiger partial charge in [-0.2, -0.15) is 15.8 Å². The standard InChI is InChI=1S/C24H26N4O2/c1-3-29-16-10-11-21(30-4-2)19(12-16)22-18-9-7-5-6-8-17(18)20(13-25)23(28)24(22,14-26)15-27/h8,10-12,18,22H,3-7,9,28H2,1-2H3/t18-,22+/m1/s1. The molecule has 1 aromatic rings. The molecule has 2 aliphatic rings. The number of ether oxygens (including phenoxy) is 2. The molecule has 2 aliphatic carbocycles. The molecule has 0 amide bonds. The Bertz CT molecular complexity index is 990. The fourth-order valence-corrected chi connectivity index (χ4v) is 4.70. The Morgan fingerprint density at radius 1 is 1.10 bits per heavy atom. The first-order chi connectivity index (χ1) is 14.6. The van der Waals surface area contributed by atoms with E-state index in [-0.39, 0.29) is 17.2 Å². The van der Waals surface area contributed by atoms with Gasteiger partial charge < -0.3 is 15.2 Å². The summed E-state index contributed by atoms with van der Waals surface area (Å²) < 4.78 is 11.6. The Morgan fingerprint density at radius 3 is 2.47 bits per heavy atom. The van der Waals surface area contributed by atoms with Crippen LogP contribution in [-0.2, 0) is 0 Å². The van der Waals surface area contributed by atoms with Gasteiger partial charge in [0, 0.05) is 11.5 Å². The molecular formula is C24H26N4O2. The molecular weight excluding hydrogens is 376 g/mol. The SMILES string of the molecule is CCOc1ccc(OCC)c([C@@H]2[C@@H]3CCCCC=C3C(C#N)=C(N)C2(C#N)C#N)c1. The quantitative estimate of drug-likeness (QED) is 0.777. The molecule has 0 spiro atoms. The van der Waals surface area contributed by atoms with Gasteiger partial charge in [-0.1, -0.05) is 12.5 Å². The van der Waals surface area contributed by atoms with Crippen LogP contribution in [0.25, 0.3) is 0 Å². The fraction of sp³-hybridized carbons (Fsp3) is 0.458. The van der Waals surface area contributed by atoms with Crippen molar-refractivity contribution in [1.82, 2.24) is 0 Å². The maximum Gasteiger partial charge on any atom is 0.191 e. The van der Waals surface area contributed by atoms with Crippen LogP contribution in [0.1, 0.15) is 51.0 Å². The van der Waals surface area contributed by atoms with Crippen LogP contribution in [0.5, 0.6) is 11.5 Å². The summed E-state index contributed by atoms with van der Waals surface area (Å²) in [5.74, 6) is 0.520. The van der Waals surface area contributed by atoms with Crippen molar-refractivity contribution in [1.29, 1.82) is 15.8 Å². The van der Waals surface area contributed by atoms with Crippen molar-refractivity contribution in [3.8, 4) is 29.7 Å². The first-order valence-electron chi connectivity index (χ1n) is 10.4. The van der Waals surface area contributed by atoms with Crippen molar-refractivity contribution >= 4 is 0 Å². The van der Waals surface area contributed by atoms with Crippen LogP contribution < -0.4 is 15.2 Å². The predicted octanol–water partition coefficient (Wildman–Crippen LogP) is 4.47. The average Bonchev–Trinajstić information content (AvgIpc) is 3.00. The van der Waals surface area contributed by atoms with E-state index in [2.05, 4.69) is 24.3 Å². The van der Waals surface area contributed by atoms with E-state index in [4.69, 9.17) is 15.2 Å². The molecule has 6 heteroatoms. The number of hydrogen-bond donors (Lipinski definition) is 1. The second-order valence-electron chi connectivity index (χ2n) is 7.53. The Hall–Kier alpha value is -3.43. The lowest BCUT2D eigenvalue weighted by atomic mass is 9.58. The van der Waals surface area contributed by atoms with Gasteiger partial charge in [0.15, 0.2) is 5.41 Å². The Morgan fingerprint density at radius 2 is 1.83 bits per heavy atom. The van der Waals surface area contributed by atoms with Crippen molar-refractivity contribution in [2.45, 2.75) is 45.4 Å². The van der Waals surface area contributed by atoms with Crippen LogP contribution in [0.3, 0.4) is 0 Å². The number of fused-ring (bicyclic) bond motifs is 1. The van der Waals surface area contributed by atoms with Gasteiger partial charge in [0.05, 0.1) is 36.6 Å². The minimum Gasteiger partial charge on any atom is -0.494 e. The molecule has 0 radical (unpaired) electrons. The molecule has 154 valence electrons. The van der Waals surface area contributed by atoms with Crippen molar-refractivity contribution in [3.05, 3.63) is 46.7 Å². The zero-order valence-corrected chi connectivity index (χ0v) is 17.4. The molecule has 0 heterocycles. The number of nitrogens with two attached hydrogens (primary N) is 1. The molecule has 6 nitrogen and oxygen atoms in total.